The fourth-order valence-electron chi connectivity index (χ4n) is 3.14. The molecule has 2 aliphatic heterocycles. The number of rotatable bonds is 2. The summed E-state index contributed by atoms with van der Waals surface area (Å²) < 4.78 is 9.75. The van der Waals surface area contributed by atoms with Gasteiger partial charge in [-0.25, -0.2) is 9.59 Å². The van der Waals surface area contributed by atoms with Crippen molar-refractivity contribution in [3.8, 4) is 0 Å². The van der Waals surface area contributed by atoms with E-state index < -0.39 is 18.1 Å². The SMILES string of the molecule is COC(=O)C1=C[C@H](c2ccccc2)[C@@H]2C=C[C@H]1N2C(=O)OC. The predicted molar refractivity (Wildman–Crippen MR) is 80.2 cm³/mol. The molecule has 0 radical (unpaired) electrons. The van der Waals surface area contributed by atoms with Gasteiger partial charge in [-0.1, -0.05) is 48.6 Å². The second-order valence-electron chi connectivity index (χ2n) is 5.25. The average Bonchev–Trinajstić information content (AvgIpc) is 2.90. The molecule has 22 heavy (non-hydrogen) atoms. The molecule has 1 aromatic carbocycles. The van der Waals surface area contributed by atoms with Crippen LogP contribution in [-0.2, 0) is 14.3 Å². The molecule has 3 rings (SSSR count). The molecule has 1 aromatic rings. The minimum atomic E-state index is -0.449. The third kappa shape index (κ3) is 2.19. The summed E-state index contributed by atoms with van der Waals surface area (Å²) in [7, 11) is 2.68. The van der Waals surface area contributed by atoms with Crippen LogP contribution in [0.25, 0.3) is 0 Å². The lowest BCUT2D eigenvalue weighted by Gasteiger charge is -2.38. The Hall–Kier alpha value is -2.56. The summed E-state index contributed by atoms with van der Waals surface area (Å²) in [6, 6.07) is 9.19. The highest BCUT2D eigenvalue weighted by Gasteiger charge is 2.45. The first kappa shape index (κ1) is 14.4. The number of hydrogen-bond donors (Lipinski definition) is 0. The van der Waals surface area contributed by atoms with E-state index in [0.717, 1.165) is 5.56 Å². The standard InChI is InChI=1S/C17H17NO4/c1-21-16(19)13-10-12(11-6-4-3-5-7-11)14-8-9-15(13)18(14)17(20)22-2/h3-10,12,14-15H,1-2H3/t12-,14+,15-/m1/s1. The summed E-state index contributed by atoms with van der Waals surface area (Å²) in [6.45, 7) is 0. The zero-order chi connectivity index (χ0) is 15.7. The molecule has 2 bridgehead atoms. The number of amides is 1. The van der Waals surface area contributed by atoms with Crippen LogP contribution in [0.15, 0.2) is 54.1 Å². The Morgan fingerprint density at radius 3 is 2.41 bits per heavy atom. The summed E-state index contributed by atoms with van der Waals surface area (Å²) in [4.78, 5) is 25.8. The van der Waals surface area contributed by atoms with Crippen molar-refractivity contribution in [2.24, 2.45) is 0 Å². The summed E-state index contributed by atoms with van der Waals surface area (Å²) in [5.74, 6) is -0.533. The van der Waals surface area contributed by atoms with Gasteiger partial charge in [-0.15, -0.1) is 0 Å². The highest BCUT2D eigenvalue weighted by molar-refractivity contribution is 5.92. The third-order valence-electron chi connectivity index (χ3n) is 4.15. The van der Waals surface area contributed by atoms with Gasteiger partial charge in [0.2, 0.25) is 0 Å². The number of benzene rings is 1. The van der Waals surface area contributed by atoms with Gasteiger partial charge in [0, 0.05) is 5.92 Å². The predicted octanol–water partition coefficient (Wildman–Crippen LogP) is 2.26. The molecule has 0 N–H and O–H groups in total. The van der Waals surface area contributed by atoms with Crippen LogP contribution >= 0.6 is 0 Å². The van der Waals surface area contributed by atoms with Crippen molar-refractivity contribution in [1.82, 2.24) is 4.90 Å². The number of esters is 1. The fraction of sp³-hybridized carbons (Fsp3) is 0.294. The van der Waals surface area contributed by atoms with Crippen molar-refractivity contribution >= 4 is 12.1 Å². The minimum Gasteiger partial charge on any atom is -0.466 e. The summed E-state index contributed by atoms with van der Waals surface area (Å²) in [5, 5.41) is 0. The van der Waals surface area contributed by atoms with E-state index >= 15 is 0 Å². The van der Waals surface area contributed by atoms with E-state index in [2.05, 4.69) is 0 Å². The number of methoxy groups -OCH3 is 2. The molecular weight excluding hydrogens is 282 g/mol. The van der Waals surface area contributed by atoms with E-state index in [4.69, 9.17) is 9.47 Å². The topological polar surface area (TPSA) is 55.8 Å². The molecule has 2 aliphatic rings. The molecule has 0 fully saturated rings. The zero-order valence-corrected chi connectivity index (χ0v) is 12.4. The maximum Gasteiger partial charge on any atom is 0.410 e. The molecule has 0 saturated heterocycles. The Kier molecular flexibility index (Phi) is 3.71. The van der Waals surface area contributed by atoms with Crippen LogP contribution in [0.5, 0.6) is 0 Å². The van der Waals surface area contributed by atoms with Crippen LogP contribution in [0, 0.1) is 0 Å². The maximum atomic E-state index is 12.1. The highest BCUT2D eigenvalue weighted by atomic mass is 16.5. The minimum absolute atomic E-state index is 0.107. The van der Waals surface area contributed by atoms with Crippen molar-refractivity contribution in [3.05, 3.63) is 59.7 Å². The van der Waals surface area contributed by atoms with Gasteiger partial charge < -0.3 is 9.47 Å². The maximum absolute atomic E-state index is 12.1. The van der Waals surface area contributed by atoms with E-state index in [-0.39, 0.29) is 12.0 Å². The highest BCUT2D eigenvalue weighted by Crippen LogP contribution is 2.40. The van der Waals surface area contributed by atoms with Crippen LogP contribution < -0.4 is 0 Å². The number of ether oxygens (including phenoxy) is 2. The molecule has 0 unspecified atom stereocenters. The third-order valence-corrected chi connectivity index (χ3v) is 4.15. The fourth-order valence-corrected chi connectivity index (χ4v) is 3.14. The van der Waals surface area contributed by atoms with Gasteiger partial charge in [-0.2, -0.15) is 0 Å². The van der Waals surface area contributed by atoms with Gasteiger partial charge in [-0.3, -0.25) is 4.90 Å². The molecule has 2 heterocycles. The first-order valence-electron chi connectivity index (χ1n) is 7.07. The largest absolute Gasteiger partial charge is 0.466 e. The molecule has 3 atom stereocenters. The van der Waals surface area contributed by atoms with Gasteiger partial charge in [0.1, 0.15) is 0 Å². The number of carbonyl (C=O) groups excluding carboxylic acids is 2. The lowest BCUT2D eigenvalue weighted by Crippen LogP contribution is -2.49. The van der Waals surface area contributed by atoms with E-state index in [1.54, 1.807) is 4.90 Å². The second-order valence-corrected chi connectivity index (χ2v) is 5.25. The number of hydrogen-bond acceptors (Lipinski definition) is 4. The summed E-state index contributed by atoms with van der Waals surface area (Å²) in [5.41, 5.74) is 1.50. The smallest absolute Gasteiger partial charge is 0.410 e. The van der Waals surface area contributed by atoms with E-state index in [0.29, 0.717) is 5.57 Å². The molecule has 0 saturated carbocycles. The van der Waals surface area contributed by atoms with Gasteiger partial charge in [0.05, 0.1) is 31.9 Å². The second kappa shape index (κ2) is 5.67. The first-order valence-corrected chi connectivity index (χ1v) is 7.07. The number of carbonyl (C=O) groups is 2. The van der Waals surface area contributed by atoms with Crippen LogP contribution in [0.4, 0.5) is 4.79 Å². The quantitative estimate of drug-likeness (QED) is 0.621. The van der Waals surface area contributed by atoms with Gasteiger partial charge in [-0.05, 0) is 5.56 Å². The molecule has 1 amide bonds. The van der Waals surface area contributed by atoms with Gasteiger partial charge in [0.25, 0.3) is 0 Å². The Labute approximate surface area is 128 Å². The number of fused-ring (bicyclic) bond motifs is 2. The summed E-state index contributed by atoms with van der Waals surface area (Å²) in [6.07, 6.45) is 5.25. The van der Waals surface area contributed by atoms with Crippen LogP contribution in [-0.4, -0.2) is 43.3 Å². The zero-order valence-electron chi connectivity index (χ0n) is 12.4. The van der Waals surface area contributed by atoms with Crippen molar-refractivity contribution in [2.45, 2.75) is 18.0 Å². The lowest BCUT2D eigenvalue weighted by atomic mass is 9.86. The molecule has 5 nitrogen and oxygen atoms in total. The van der Waals surface area contributed by atoms with Crippen molar-refractivity contribution in [2.75, 3.05) is 14.2 Å². The normalized spacial score (nSPS) is 25.6. The van der Waals surface area contributed by atoms with E-state index in [9.17, 15) is 9.59 Å². The van der Waals surface area contributed by atoms with Gasteiger partial charge in [0.15, 0.2) is 0 Å². The monoisotopic (exact) mass is 299 g/mol. The van der Waals surface area contributed by atoms with Crippen LogP contribution in [0.2, 0.25) is 0 Å². The van der Waals surface area contributed by atoms with Crippen molar-refractivity contribution in [1.29, 1.82) is 0 Å². The van der Waals surface area contributed by atoms with Crippen LogP contribution in [0.1, 0.15) is 11.5 Å². The Bertz CT molecular complexity index is 650. The molecular formula is C17H17NO4. The Balaban J connectivity index is 2.07. The van der Waals surface area contributed by atoms with E-state index in [1.165, 1.54) is 14.2 Å². The first-order chi connectivity index (χ1) is 10.7. The number of nitrogens with zero attached hydrogens (tertiary/aromatic N) is 1. The Morgan fingerprint density at radius 1 is 1.05 bits per heavy atom. The molecule has 0 aliphatic carbocycles. The molecule has 0 spiro atoms. The molecule has 0 aromatic heterocycles. The Morgan fingerprint density at radius 2 is 1.77 bits per heavy atom. The van der Waals surface area contributed by atoms with Crippen LogP contribution in [0.3, 0.4) is 0 Å². The van der Waals surface area contributed by atoms with E-state index in [1.807, 2.05) is 48.6 Å². The van der Waals surface area contributed by atoms with Gasteiger partial charge >= 0.3 is 12.1 Å². The lowest BCUT2D eigenvalue weighted by molar-refractivity contribution is -0.136. The van der Waals surface area contributed by atoms with Crippen molar-refractivity contribution in [3.63, 3.8) is 0 Å². The van der Waals surface area contributed by atoms with Crippen molar-refractivity contribution < 1.29 is 19.1 Å². The summed E-state index contributed by atoms with van der Waals surface area (Å²) >= 11 is 0. The average molecular weight is 299 g/mol. The molecule has 5 heteroatoms. The molecule has 114 valence electrons.